The van der Waals surface area contributed by atoms with Crippen molar-refractivity contribution in [3.63, 3.8) is 0 Å². The molecule has 2 amide bonds. The molecule has 3 rings (SSSR count). The molecule has 0 radical (unpaired) electrons. The van der Waals surface area contributed by atoms with E-state index in [0.29, 0.717) is 32.0 Å². The highest BCUT2D eigenvalue weighted by atomic mass is 32.2. The number of aromatic nitrogens is 2. The lowest BCUT2D eigenvalue weighted by Gasteiger charge is -2.10. The number of nitrogens with zero attached hydrogens (tertiary/aromatic N) is 2. The highest BCUT2D eigenvalue weighted by Gasteiger charge is 2.31. The van der Waals surface area contributed by atoms with E-state index >= 15 is 0 Å². The second-order valence-corrected chi connectivity index (χ2v) is 7.19. The van der Waals surface area contributed by atoms with Crippen LogP contribution >= 0.6 is 11.8 Å². The van der Waals surface area contributed by atoms with E-state index in [1.165, 1.54) is 7.11 Å². The molecular weight excluding hydrogens is 382 g/mol. The Morgan fingerprint density at radius 3 is 2.71 bits per heavy atom. The fraction of sp³-hybridized carbons (Fsp3) is 0.333. The zero-order valence-electron chi connectivity index (χ0n) is 15.3. The Morgan fingerprint density at radius 1 is 1.25 bits per heavy atom. The Balaban J connectivity index is 1.39. The number of imide groups is 1. The van der Waals surface area contributed by atoms with Crippen LogP contribution in [0.15, 0.2) is 30.3 Å². The lowest BCUT2D eigenvalue weighted by atomic mass is 10.1. The fourth-order valence-corrected chi connectivity index (χ4v) is 3.47. The molecule has 1 unspecified atom stereocenters. The second-order valence-electron chi connectivity index (χ2n) is 6.02. The first-order chi connectivity index (χ1) is 13.5. The third-order valence-corrected chi connectivity index (χ3v) is 4.93. The van der Waals surface area contributed by atoms with Crippen molar-refractivity contribution in [1.82, 2.24) is 20.6 Å². The summed E-state index contributed by atoms with van der Waals surface area (Å²) in [6.45, 7) is 1.62. The summed E-state index contributed by atoms with van der Waals surface area (Å²) in [5.41, 5.74) is 7.34. The van der Waals surface area contributed by atoms with Gasteiger partial charge in [-0.3, -0.25) is 14.9 Å². The molecule has 28 heavy (non-hydrogen) atoms. The molecule has 9 nitrogen and oxygen atoms in total. The summed E-state index contributed by atoms with van der Waals surface area (Å²) in [6.07, 6.45) is 0.510. The third-order valence-electron chi connectivity index (χ3n) is 3.95. The van der Waals surface area contributed by atoms with Gasteiger partial charge >= 0.3 is 0 Å². The molecule has 1 aromatic heterocycles. The Kier molecular flexibility index (Phi) is 6.66. The number of thioether (sulfide) groups is 1. The molecule has 1 aromatic carbocycles. The Bertz CT molecular complexity index is 846. The van der Waals surface area contributed by atoms with Gasteiger partial charge in [0.2, 0.25) is 17.7 Å². The molecule has 2 aromatic rings. The average Bonchev–Trinajstić information content (AvgIpc) is 2.99. The average molecular weight is 403 g/mol. The van der Waals surface area contributed by atoms with Gasteiger partial charge in [-0.2, -0.15) is 4.98 Å². The molecular formula is C18H21N5O4S. The minimum Gasteiger partial charge on any atom is -0.492 e. The van der Waals surface area contributed by atoms with E-state index in [1.807, 2.05) is 24.3 Å². The number of carbonyl (C=O) groups excluding carboxylic acids is 2. The van der Waals surface area contributed by atoms with Crippen LogP contribution in [0.25, 0.3) is 0 Å². The predicted molar refractivity (Wildman–Crippen MR) is 105 cm³/mol. The van der Waals surface area contributed by atoms with Gasteiger partial charge in [0, 0.05) is 19.2 Å². The summed E-state index contributed by atoms with van der Waals surface area (Å²) in [4.78, 5) is 30.9. The van der Waals surface area contributed by atoms with Gasteiger partial charge in [-0.05, 0) is 24.1 Å². The number of ether oxygens (including phenoxy) is 2. The molecule has 4 N–H and O–H groups in total. The summed E-state index contributed by atoms with van der Waals surface area (Å²) < 4.78 is 10.8. The number of hydrogen-bond donors (Lipinski definition) is 3. The number of carbonyl (C=O) groups is 2. The zero-order valence-corrected chi connectivity index (χ0v) is 16.1. The van der Waals surface area contributed by atoms with Gasteiger partial charge in [0.25, 0.3) is 5.24 Å². The molecule has 1 saturated heterocycles. The Morgan fingerprint density at radius 2 is 2.04 bits per heavy atom. The van der Waals surface area contributed by atoms with Crippen LogP contribution in [0.1, 0.15) is 11.3 Å². The van der Waals surface area contributed by atoms with Gasteiger partial charge in [-0.1, -0.05) is 23.9 Å². The maximum atomic E-state index is 11.6. The topological polar surface area (TPSA) is 128 Å². The van der Waals surface area contributed by atoms with E-state index in [0.717, 1.165) is 28.8 Å². The lowest BCUT2D eigenvalue weighted by Crippen LogP contribution is -2.25. The van der Waals surface area contributed by atoms with Crippen molar-refractivity contribution in [2.75, 3.05) is 26.0 Å². The van der Waals surface area contributed by atoms with Gasteiger partial charge in [0.1, 0.15) is 12.4 Å². The number of methoxy groups -OCH3 is 1. The SMILES string of the molecule is COc1cc(CNCCOc2ccc(CC3SC(=O)NC3=O)cc2)nc(N)n1. The number of nitrogens with two attached hydrogens (primary N) is 1. The lowest BCUT2D eigenvalue weighted by molar-refractivity contribution is -0.118. The quantitative estimate of drug-likeness (QED) is 0.528. The number of benzene rings is 1. The first kappa shape index (κ1) is 19.9. The van der Waals surface area contributed by atoms with Crippen molar-refractivity contribution in [3.8, 4) is 11.6 Å². The van der Waals surface area contributed by atoms with Crippen LogP contribution < -0.4 is 25.8 Å². The Labute approximate surface area is 166 Å². The van der Waals surface area contributed by atoms with E-state index in [1.54, 1.807) is 6.07 Å². The van der Waals surface area contributed by atoms with Crippen LogP contribution in [0.3, 0.4) is 0 Å². The predicted octanol–water partition coefficient (Wildman–Crippen LogP) is 1.13. The number of anilines is 1. The van der Waals surface area contributed by atoms with E-state index in [9.17, 15) is 9.59 Å². The molecule has 10 heteroatoms. The monoisotopic (exact) mass is 403 g/mol. The van der Waals surface area contributed by atoms with Gasteiger partial charge in [0.15, 0.2) is 0 Å². The van der Waals surface area contributed by atoms with E-state index in [2.05, 4.69) is 20.6 Å². The number of rotatable bonds is 9. The molecule has 2 heterocycles. The largest absolute Gasteiger partial charge is 0.492 e. The highest BCUT2D eigenvalue weighted by Crippen LogP contribution is 2.23. The van der Waals surface area contributed by atoms with Gasteiger partial charge in [0.05, 0.1) is 18.1 Å². The van der Waals surface area contributed by atoms with Crippen LogP contribution in [-0.4, -0.2) is 46.6 Å². The highest BCUT2D eigenvalue weighted by molar-refractivity contribution is 8.15. The molecule has 1 aliphatic heterocycles. The minimum absolute atomic E-state index is 0.172. The van der Waals surface area contributed by atoms with Crippen LogP contribution in [-0.2, 0) is 17.8 Å². The van der Waals surface area contributed by atoms with Gasteiger partial charge in [-0.15, -0.1) is 0 Å². The molecule has 0 spiro atoms. The maximum absolute atomic E-state index is 11.6. The summed E-state index contributed by atoms with van der Waals surface area (Å²) in [6, 6.07) is 9.22. The summed E-state index contributed by atoms with van der Waals surface area (Å²) in [5, 5.41) is 4.86. The molecule has 0 aliphatic carbocycles. The number of hydrogen-bond acceptors (Lipinski definition) is 9. The summed E-state index contributed by atoms with van der Waals surface area (Å²) in [5.74, 6) is 1.10. The van der Waals surface area contributed by atoms with E-state index < -0.39 is 0 Å². The number of amides is 2. The van der Waals surface area contributed by atoms with Gasteiger partial charge < -0.3 is 20.5 Å². The minimum atomic E-state index is -0.363. The van der Waals surface area contributed by atoms with Gasteiger partial charge in [-0.25, -0.2) is 4.98 Å². The molecule has 1 atom stereocenters. The fourth-order valence-electron chi connectivity index (χ4n) is 2.61. The van der Waals surface area contributed by atoms with Crippen molar-refractivity contribution in [3.05, 3.63) is 41.6 Å². The smallest absolute Gasteiger partial charge is 0.286 e. The first-order valence-corrected chi connectivity index (χ1v) is 9.53. The molecule has 1 aliphatic rings. The van der Waals surface area contributed by atoms with Crippen molar-refractivity contribution in [1.29, 1.82) is 0 Å². The molecule has 1 fully saturated rings. The normalized spacial score (nSPS) is 16.1. The van der Waals surface area contributed by atoms with Crippen LogP contribution in [0.5, 0.6) is 11.6 Å². The third kappa shape index (κ3) is 5.57. The summed E-state index contributed by atoms with van der Waals surface area (Å²) >= 11 is 1.03. The van der Waals surface area contributed by atoms with Crippen molar-refractivity contribution < 1.29 is 19.1 Å². The van der Waals surface area contributed by atoms with Crippen molar-refractivity contribution in [2.24, 2.45) is 0 Å². The Hall–Kier alpha value is -2.85. The first-order valence-electron chi connectivity index (χ1n) is 8.65. The zero-order chi connectivity index (χ0) is 19.9. The molecule has 0 bridgehead atoms. The number of nitrogens with one attached hydrogen (secondary N) is 2. The second kappa shape index (κ2) is 9.38. The van der Waals surface area contributed by atoms with Crippen molar-refractivity contribution in [2.45, 2.75) is 18.2 Å². The maximum Gasteiger partial charge on any atom is 0.286 e. The van der Waals surface area contributed by atoms with E-state index in [4.69, 9.17) is 15.2 Å². The number of nitrogen functional groups attached to an aromatic ring is 1. The van der Waals surface area contributed by atoms with Crippen LogP contribution in [0.2, 0.25) is 0 Å². The summed E-state index contributed by atoms with van der Waals surface area (Å²) in [7, 11) is 1.53. The van der Waals surface area contributed by atoms with Crippen molar-refractivity contribution >= 4 is 28.9 Å². The standard InChI is InChI=1S/C18H21N5O4S/c1-26-15-9-12(21-17(19)22-15)10-20-6-7-27-13-4-2-11(3-5-13)8-14-16(24)23-18(25)28-14/h2-5,9,14,20H,6-8,10H2,1H3,(H2,19,21,22)(H,23,24,25). The van der Waals surface area contributed by atoms with Crippen LogP contribution in [0, 0.1) is 0 Å². The van der Waals surface area contributed by atoms with E-state index in [-0.39, 0.29) is 22.3 Å². The molecule has 0 saturated carbocycles. The van der Waals surface area contributed by atoms with Crippen LogP contribution in [0.4, 0.5) is 10.7 Å². The molecule has 148 valence electrons.